The fraction of sp³-hybridized carbons (Fsp3) is 0.571. The van der Waals surface area contributed by atoms with Crippen molar-refractivity contribution < 1.29 is 46.7 Å². The van der Waals surface area contributed by atoms with Gasteiger partial charge in [0.1, 0.15) is 24.1 Å². The maximum atomic E-state index is 11.0. The van der Waals surface area contributed by atoms with E-state index in [0.29, 0.717) is 11.3 Å². The molecule has 0 radical (unpaired) electrons. The molecule has 1 heterocycles. The van der Waals surface area contributed by atoms with Crippen LogP contribution in [0.15, 0.2) is 24.3 Å². The zero-order chi connectivity index (χ0) is 18.6. The quantitative estimate of drug-likeness (QED) is 0.426. The van der Waals surface area contributed by atoms with Crippen molar-refractivity contribution in [1.82, 2.24) is 0 Å². The van der Waals surface area contributed by atoms with Crippen LogP contribution in [0.5, 0.6) is 5.75 Å². The van der Waals surface area contributed by atoms with Gasteiger partial charge in [0.25, 0.3) is 0 Å². The number of methoxy groups -OCH3 is 1. The molecule has 0 aliphatic carbocycles. The average Bonchev–Trinajstić information content (AvgIpc) is 2.58. The van der Waals surface area contributed by atoms with Crippen LogP contribution in [-0.4, -0.2) is 72.7 Å². The predicted octanol–water partition coefficient (Wildman–Crippen LogP) is -1.16. The van der Waals surface area contributed by atoms with Crippen LogP contribution in [0.1, 0.15) is 5.56 Å². The number of benzene rings is 1. The third-order valence-electron chi connectivity index (χ3n) is 3.63. The Morgan fingerprint density at radius 3 is 2.32 bits per heavy atom. The summed E-state index contributed by atoms with van der Waals surface area (Å²) in [6.45, 7) is -0.694. The molecule has 1 aliphatic heterocycles. The van der Waals surface area contributed by atoms with Crippen molar-refractivity contribution >= 4 is 10.4 Å². The first-order valence-corrected chi connectivity index (χ1v) is 8.64. The standard InChI is InChI=1S/C14H20O10S/c1-21-9-4-2-8(3-5-9)7-22-14-13(24-25(18,19)20)12(17)11(16)10(6-15)23-14/h2-5,10-17H,6-7H2,1H3,(H,18,19,20)/t10-,11-,12+,13-,14-/m1/s1. The maximum Gasteiger partial charge on any atom is 0.397 e. The second-order valence-corrected chi connectivity index (χ2v) is 6.40. The van der Waals surface area contributed by atoms with Crippen LogP contribution in [0.3, 0.4) is 0 Å². The minimum Gasteiger partial charge on any atom is -0.497 e. The summed E-state index contributed by atoms with van der Waals surface area (Å²) in [5, 5.41) is 29.0. The zero-order valence-electron chi connectivity index (χ0n) is 13.3. The summed E-state index contributed by atoms with van der Waals surface area (Å²) in [6, 6.07) is 6.74. The molecule has 2 rings (SSSR count). The van der Waals surface area contributed by atoms with Crippen LogP contribution < -0.4 is 4.74 Å². The van der Waals surface area contributed by atoms with E-state index >= 15 is 0 Å². The number of rotatable bonds is 7. The molecule has 10 nitrogen and oxygen atoms in total. The molecule has 1 aliphatic rings. The number of hydrogen-bond donors (Lipinski definition) is 4. The number of aliphatic hydroxyl groups excluding tert-OH is 3. The van der Waals surface area contributed by atoms with Gasteiger partial charge in [-0.1, -0.05) is 12.1 Å². The summed E-state index contributed by atoms with van der Waals surface area (Å²) in [6.07, 6.45) is -7.78. The van der Waals surface area contributed by atoms with Gasteiger partial charge < -0.3 is 29.5 Å². The molecule has 0 spiro atoms. The minimum absolute atomic E-state index is 0.0546. The number of aliphatic hydroxyl groups is 3. The lowest BCUT2D eigenvalue weighted by molar-refractivity contribution is -0.298. The van der Waals surface area contributed by atoms with E-state index in [1.165, 1.54) is 7.11 Å². The Morgan fingerprint density at radius 2 is 1.80 bits per heavy atom. The van der Waals surface area contributed by atoms with Crippen molar-refractivity contribution in [3.05, 3.63) is 29.8 Å². The molecule has 5 atom stereocenters. The average molecular weight is 380 g/mol. The van der Waals surface area contributed by atoms with E-state index < -0.39 is 47.7 Å². The van der Waals surface area contributed by atoms with Crippen LogP contribution in [-0.2, 0) is 30.7 Å². The summed E-state index contributed by atoms with van der Waals surface area (Å²) in [5.41, 5.74) is 0.677. The van der Waals surface area contributed by atoms with Gasteiger partial charge in [-0.15, -0.1) is 0 Å². The largest absolute Gasteiger partial charge is 0.497 e. The molecule has 142 valence electrons. The number of hydrogen-bond acceptors (Lipinski definition) is 9. The van der Waals surface area contributed by atoms with Crippen molar-refractivity contribution in [2.45, 2.75) is 37.3 Å². The third-order valence-corrected chi connectivity index (χ3v) is 4.10. The Balaban J connectivity index is 2.11. The second kappa shape index (κ2) is 8.38. The normalized spacial score (nSPS) is 30.2. The van der Waals surface area contributed by atoms with E-state index in [-0.39, 0.29) is 6.61 Å². The van der Waals surface area contributed by atoms with Crippen LogP contribution in [0.25, 0.3) is 0 Å². The Bertz CT molecular complexity index is 646. The fourth-order valence-corrected chi connectivity index (χ4v) is 2.82. The van der Waals surface area contributed by atoms with Crippen molar-refractivity contribution in [2.24, 2.45) is 0 Å². The van der Waals surface area contributed by atoms with Crippen LogP contribution in [0.2, 0.25) is 0 Å². The summed E-state index contributed by atoms with van der Waals surface area (Å²) in [5.74, 6) is 0.629. The highest BCUT2D eigenvalue weighted by Crippen LogP contribution is 2.26. The second-order valence-electron chi connectivity index (χ2n) is 5.35. The first-order chi connectivity index (χ1) is 11.7. The zero-order valence-corrected chi connectivity index (χ0v) is 14.1. The van der Waals surface area contributed by atoms with Gasteiger partial charge in [0.05, 0.1) is 20.3 Å². The highest BCUT2D eigenvalue weighted by molar-refractivity contribution is 7.80. The Kier molecular flexibility index (Phi) is 6.71. The van der Waals surface area contributed by atoms with Gasteiger partial charge in [-0.25, -0.2) is 4.18 Å². The van der Waals surface area contributed by atoms with E-state index in [4.69, 9.17) is 18.8 Å². The molecule has 25 heavy (non-hydrogen) atoms. The van der Waals surface area contributed by atoms with E-state index in [1.807, 2.05) is 0 Å². The molecule has 11 heteroatoms. The predicted molar refractivity (Wildman–Crippen MR) is 82.0 cm³/mol. The van der Waals surface area contributed by atoms with Crippen LogP contribution >= 0.6 is 0 Å². The molecular formula is C14H20O10S. The third kappa shape index (κ3) is 5.33. The van der Waals surface area contributed by atoms with Crippen molar-refractivity contribution in [3.8, 4) is 5.75 Å². The smallest absolute Gasteiger partial charge is 0.397 e. The molecular weight excluding hydrogens is 360 g/mol. The summed E-state index contributed by atoms with van der Waals surface area (Å²) in [4.78, 5) is 0. The lowest BCUT2D eigenvalue weighted by Crippen LogP contribution is -2.60. The van der Waals surface area contributed by atoms with Gasteiger partial charge in [-0.05, 0) is 17.7 Å². The molecule has 1 aromatic carbocycles. The Hall–Kier alpha value is -1.31. The Morgan fingerprint density at radius 1 is 1.16 bits per heavy atom. The van der Waals surface area contributed by atoms with Gasteiger partial charge in [0.15, 0.2) is 12.4 Å². The van der Waals surface area contributed by atoms with E-state index in [2.05, 4.69) is 4.18 Å². The van der Waals surface area contributed by atoms with Gasteiger partial charge in [-0.3, -0.25) is 4.55 Å². The van der Waals surface area contributed by atoms with E-state index in [9.17, 15) is 23.7 Å². The van der Waals surface area contributed by atoms with E-state index in [0.717, 1.165) is 0 Å². The van der Waals surface area contributed by atoms with Crippen molar-refractivity contribution in [1.29, 1.82) is 0 Å². The fourth-order valence-electron chi connectivity index (χ4n) is 2.33. The summed E-state index contributed by atoms with van der Waals surface area (Å²) < 4.78 is 50.8. The molecule has 0 saturated carbocycles. The highest BCUT2D eigenvalue weighted by atomic mass is 32.3. The lowest BCUT2D eigenvalue weighted by Gasteiger charge is -2.40. The topological polar surface area (TPSA) is 152 Å². The highest BCUT2D eigenvalue weighted by Gasteiger charge is 2.47. The van der Waals surface area contributed by atoms with Gasteiger partial charge >= 0.3 is 10.4 Å². The van der Waals surface area contributed by atoms with Gasteiger partial charge in [-0.2, -0.15) is 8.42 Å². The minimum atomic E-state index is -4.94. The molecule has 0 unspecified atom stereocenters. The molecule has 1 fully saturated rings. The van der Waals surface area contributed by atoms with Crippen molar-refractivity contribution in [3.63, 3.8) is 0 Å². The molecule has 0 bridgehead atoms. The molecule has 1 saturated heterocycles. The monoisotopic (exact) mass is 380 g/mol. The molecule has 0 amide bonds. The molecule has 1 aromatic rings. The lowest BCUT2D eigenvalue weighted by atomic mass is 9.99. The first kappa shape index (κ1) is 20.0. The number of ether oxygens (including phenoxy) is 3. The maximum absolute atomic E-state index is 11.0. The molecule has 0 aromatic heterocycles. The van der Waals surface area contributed by atoms with Gasteiger partial charge in [0.2, 0.25) is 0 Å². The van der Waals surface area contributed by atoms with Crippen molar-refractivity contribution in [2.75, 3.05) is 13.7 Å². The van der Waals surface area contributed by atoms with E-state index in [1.54, 1.807) is 24.3 Å². The summed E-state index contributed by atoms with van der Waals surface area (Å²) in [7, 11) is -3.43. The van der Waals surface area contributed by atoms with Crippen LogP contribution in [0, 0.1) is 0 Å². The first-order valence-electron chi connectivity index (χ1n) is 7.28. The SMILES string of the molecule is COc1ccc(CO[C@@H]2O[C@H](CO)[C@@H](O)[C@H](O)[C@H]2OS(=O)(=O)O)cc1. The summed E-state index contributed by atoms with van der Waals surface area (Å²) >= 11 is 0. The molecule has 4 N–H and O–H groups in total. The van der Waals surface area contributed by atoms with Crippen LogP contribution in [0.4, 0.5) is 0 Å². The Labute approximate surface area is 144 Å². The van der Waals surface area contributed by atoms with Gasteiger partial charge in [0, 0.05) is 0 Å².